The van der Waals surface area contributed by atoms with Crippen molar-refractivity contribution < 1.29 is 22.7 Å². The van der Waals surface area contributed by atoms with Crippen molar-refractivity contribution in [3.63, 3.8) is 0 Å². The van der Waals surface area contributed by atoms with Crippen LogP contribution in [0.2, 0.25) is 15.1 Å². The van der Waals surface area contributed by atoms with Crippen molar-refractivity contribution in [2.24, 2.45) is 0 Å². The Balaban J connectivity index is 2.66. The van der Waals surface area contributed by atoms with Gasteiger partial charge in [0.1, 0.15) is 5.02 Å². The molecule has 10 heteroatoms. The topological polar surface area (TPSA) is 80.8 Å². The van der Waals surface area contributed by atoms with Gasteiger partial charge < -0.3 is 4.74 Å². The van der Waals surface area contributed by atoms with E-state index in [1.165, 1.54) is 12.1 Å². The Morgan fingerprint density at radius 2 is 1.55 bits per heavy atom. The maximum absolute atomic E-state index is 13.4. The number of hydrogen-bond acceptors (Lipinski definition) is 5. The van der Waals surface area contributed by atoms with E-state index in [-0.39, 0.29) is 44.2 Å². The zero-order chi connectivity index (χ0) is 23.3. The molecule has 0 aliphatic heterocycles. The Morgan fingerprint density at radius 1 is 0.968 bits per heavy atom. The molecule has 2 aromatic carbocycles. The molecule has 0 saturated carbocycles. The van der Waals surface area contributed by atoms with E-state index < -0.39 is 21.9 Å². The van der Waals surface area contributed by atoms with Crippen LogP contribution in [0.4, 0.5) is 5.69 Å². The second kappa shape index (κ2) is 10.7. The van der Waals surface area contributed by atoms with Crippen LogP contribution in [-0.4, -0.2) is 20.3 Å². The molecule has 0 radical (unpaired) electrons. The summed E-state index contributed by atoms with van der Waals surface area (Å²) >= 11 is 18.9. The van der Waals surface area contributed by atoms with Crippen molar-refractivity contribution in [1.29, 1.82) is 0 Å². The smallest absolute Gasteiger partial charge is 0.311 e. The molecule has 2 aromatic rings. The summed E-state index contributed by atoms with van der Waals surface area (Å²) in [5, 5.41) is -0.685. The average molecular weight is 507 g/mol. The molecule has 2 rings (SSSR count). The van der Waals surface area contributed by atoms with Crippen LogP contribution in [0, 0.1) is 6.92 Å². The number of amides is 1. The lowest BCUT2D eigenvalue weighted by molar-refractivity contribution is -0.134. The molecule has 6 nitrogen and oxygen atoms in total. The number of halogens is 3. The van der Waals surface area contributed by atoms with Gasteiger partial charge in [0.15, 0.2) is 5.75 Å². The second-order valence-corrected chi connectivity index (χ2v) is 9.73. The molecule has 0 aromatic heterocycles. The highest BCUT2D eigenvalue weighted by atomic mass is 35.5. The molecule has 0 aliphatic rings. The van der Waals surface area contributed by atoms with Crippen molar-refractivity contribution in [3.8, 4) is 5.75 Å². The van der Waals surface area contributed by atoms with Gasteiger partial charge in [0.25, 0.3) is 10.0 Å². The first kappa shape index (κ1) is 25.5. The van der Waals surface area contributed by atoms with E-state index in [0.717, 1.165) is 11.6 Å². The third-order valence-corrected chi connectivity index (χ3v) is 7.11. The van der Waals surface area contributed by atoms with Crippen molar-refractivity contribution in [2.75, 3.05) is 4.31 Å². The lowest BCUT2D eigenvalue weighted by Crippen LogP contribution is -2.37. The molecule has 0 N–H and O–H groups in total. The third-order valence-electron chi connectivity index (χ3n) is 4.24. The van der Waals surface area contributed by atoms with Gasteiger partial charge in [-0.15, -0.1) is 0 Å². The number of nitrogens with zero attached hydrogens (tertiary/aromatic N) is 1. The zero-order valence-corrected chi connectivity index (χ0v) is 20.3. The van der Waals surface area contributed by atoms with Crippen LogP contribution < -0.4 is 9.04 Å². The number of carbonyl (C=O) groups excluding carboxylic acids is 2. The molecule has 0 fully saturated rings. The molecule has 0 atom stereocenters. The summed E-state index contributed by atoms with van der Waals surface area (Å²) in [6.07, 6.45) is 1.04. The minimum Gasteiger partial charge on any atom is -0.423 e. The number of ether oxygens (including phenoxy) is 1. The summed E-state index contributed by atoms with van der Waals surface area (Å²) in [6.45, 7) is 5.35. The fourth-order valence-electron chi connectivity index (χ4n) is 2.71. The maximum atomic E-state index is 13.4. The first-order valence-corrected chi connectivity index (χ1v) is 12.1. The summed E-state index contributed by atoms with van der Waals surface area (Å²) < 4.78 is 32.5. The lowest BCUT2D eigenvalue weighted by Gasteiger charge is -2.25. The number of esters is 1. The average Bonchev–Trinajstić information content (AvgIpc) is 2.70. The predicted octanol–water partition coefficient (Wildman–Crippen LogP) is 6.18. The monoisotopic (exact) mass is 505 g/mol. The van der Waals surface area contributed by atoms with Crippen LogP contribution in [0.15, 0.2) is 35.2 Å². The maximum Gasteiger partial charge on any atom is 0.311 e. The molecule has 31 heavy (non-hydrogen) atoms. The normalized spacial score (nSPS) is 11.3. The minimum absolute atomic E-state index is 0.0517. The summed E-state index contributed by atoms with van der Waals surface area (Å²) in [5.41, 5.74) is 0.638. The molecule has 0 aliphatic carbocycles. The van der Waals surface area contributed by atoms with Crippen LogP contribution in [0.25, 0.3) is 0 Å². The molecule has 0 bridgehead atoms. The Labute approximate surface area is 197 Å². The predicted molar refractivity (Wildman–Crippen MR) is 123 cm³/mol. The number of anilines is 1. The highest BCUT2D eigenvalue weighted by Crippen LogP contribution is 2.46. The van der Waals surface area contributed by atoms with E-state index >= 15 is 0 Å². The van der Waals surface area contributed by atoms with Gasteiger partial charge >= 0.3 is 5.97 Å². The molecule has 0 unspecified atom stereocenters. The number of benzene rings is 2. The summed E-state index contributed by atoms with van der Waals surface area (Å²) in [5.74, 6) is -1.46. The van der Waals surface area contributed by atoms with E-state index in [0.29, 0.717) is 17.1 Å². The van der Waals surface area contributed by atoms with Gasteiger partial charge in [-0.1, -0.05) is 66.3 Å². The van der Waals surface area contributed by atoms with Gasteiger partial charge in [-0.2, -0.15) is 0 Å². The molecule has 1 amide bonds. The fraction of sp³-hybridized carbons (Fsp3) is 0.333. The summed E-state index contributed by atoms with van der Waals surface area (Å²) in [6, 6.07) is 7.19. The van der Waals surface area contributed by atoms with Crippen molar-refractivity contribution >= 4 is 62.4 Å². The van der Waals surface area contributed by atoms with Crippen molar-refractivity contribution in [3.05, 3.63) is 51.0 Å². The quantitative estimate of drug-likeness (QED) is 0.242. The molecule has 0 heterocycles. The SMILES string of the molecule is CCCC(=O)Oc1c(Cl)cc(N(C(=O)CCC)S(=O)(=O)c2ccc(C)cc2)c(Cl)c1Cl. The highest BCUT2D eigenvalue weighted by molar-refractivity contribution is 7.93. The minimum atomic E-state index is -4.32. The Morgan fingerprint density at radius 3 is 2.10 bits per heavy atom. The van der Waals surface area contributed by atoms with Crippen LogP contribution in [-0.2, 0) is 19.6 Å². The standard InChI is InChI=1S/C21H22Cl3NO5S/c1-4-6-17(26)25(31(28,29)14-10-8-13(3)9-11-14)16-12-15(22)21(20(24)19(16)23)30-18(27)7-5-2/h8-12H,4-7H2,1-3H3. The first-order valence-electron chi connectivity index (χ1n) is 9.57. The number of carbonyl (C=O) groups is 2. The number of hydrogen-bond donors (Lipinski definition) is 0. The van der Waals surface area contributed by atoms with E-state index in [2.05, 4.69) is 0 Å². The largest absolute Gasteiger partial charge is 0.423 e. The van der Waals surface area contributed by atoms with Crippen LogP contribution in [0.1, 0.15) is 45.1 Å². The molecule has 0 spiro atoms. The van der Waals surface area contributed by atoms with Crippen molar-refractivity contribution in [1.82, 2.24) is 0 Å². The van der Waals surface area contributed by atoms with Crippen LogP contribution in [0.3, 0.4) is 0 Å². The molecule has 0 saturated heterocycles. The molecule has 168 valence electrons. The van der Waals surface area contributed by atoms with Crippen LogP contribution in [0.5, 0.6) is 5.75 Å². The van der Waals surface area contributed by atoms with Gasteiger partial charge in [-0.25, -0.2) is 12.7 Å². The van der Waals surface area contributed by atoms with Crippen molar-refractivity contribution in [2.45, 2.75) is 51.3 Å². The number of sulfonamides is 1. The van der Waals surface area contributed by atoms with Gasteiger partial charge in [-0.05, 0) is 38.0 Å². The highest BCUT2D eigenvalue weighted by Gasteiger charge is 2.34. The molecular weight excluding hydrogens is 485 g/mol. The summed E-state index contributed by atoms with van der Waals surface area (Å²) in [7, 11) is -4.32. The fourth-order valence-corrected chi connectivity index (χ4v) is 4.96. The Kier molecular flexibility index (Phi) is 8.77. The van der Waals surface area contributed by atoms with Gasteiger partial charge in [-0.3, -0.25) is 9.59 Å². The Bertz CT molecular complexity index is 1090. The lowest BCUT2D eigenvalue weighted by atomic mass is 10.2. The van der Waals surface area contributed by atoms with E-state index in [4.69, 9.17) is 39.5 Å². The number of aryl methyl sites for hydroxylation is 1. The van der Waals surface area contributed by atoms with Gasteiger partial charge in [0.05, 0.1) is 20.6 Å². The number of rotatable bonds is 8. The first-order chi connectivity index (χ1) is 14.5. The van der Waals surface area contributed by atoms with E-state index in [1.54, 1.807) is 26.0 Å². The van der Waals surface area contributed by atoms with Gasteiger partial charge in [0.2, 0.25) is 5.91 Å². The van der Waals surface area contributed by atoms with Crippen LogP contribution >= 0.6 is 34.8 Å². The third kappa shape index (κ3) is 5.71. The van der Waals surface area contributed by atoms with E-state index in [1.807, 2.05) is 6.92 Å². The second-order valence-electron chi connectivity index (χ2n) is 6.78. The van der Waals surface area contributed by atoms with E-state index in [9.17, 15) is 18.0 Å². The zero-order valence-electron chi connectivity index (χ0n) is 17.2. The Hall–Kier alpha value is -1.80. The van der Waals surface area contributed by atoms with Gasteiger partial charge in [0, 0.05) is 12.8 Å². The summed E-state index contributed by atoms with van der Waals surface area (Å²) in [4.78, 5) is 24.6. The molecular formula is C21H22Cl3NO5S.